The molecule has 224 valence electrons. The van der Waals surface area contributed by atoms with E-state index in [9.17, 15) is 18.0 Å². The van der Waals surface area contributed by atoms with E-state index in [0.29, 0.717) is 12.8 Å². The van der Waals surface area contributed by atoms with Crippen LogP contribution in [0.4, 0.5) is 18.9 Å². The Hall–Kier alpha value is -3.36. The summed E-state index contributed by atoms with van der Waals surface area (Å²) in [6, 6.07) is 26.2. The van der Waals surface area contributed by atoms with Gasteiger partial charge in [0, 0.05) is 57.0 Å². The third kappa shape index (κ3) is 5.54. The topological polar surface area (TPSA) is 44.8 Å². The van der Waals surface area contributed by atoms with Gasteiger partial charge in [-0.2, -0.15) is 13.2 Å². The van der Waals surface area contributed by atoms with Crippen molar-refractivity contribution in [3.05, 3.63) is 102 Å². The summed E-state index contributed by atoms with van der Waals surface area (Å²) in [6.07, 6.45) is -2.73. The molecule has 2 fully saturated rings. The molecule has 2 heterocycles. The molecule has 2 aliphatic rings. The van der Waals surface area contributed by atoms with Crippen molar-refractivity contribution in [3.8, 4) is 0 Å². The predicted molar refractivity (Wildman–Crippen MR) is 159 cm³/mol. The Kier molecular flexibility index (Phi) is 8.94. The molecular formula is C34H40F3N3O2. The largest absolute Gasteiger partial charge is 0.430 e. The molecule has 1 N–H and O–H groups in total. The van der Waals surface area contributed by atoms with Crippen molar-refractivity contribution in [2.75, 3.05) is 44.7 Å². The summed E-state index contributed by atoms with van der Waals surface area (Å²) in [6.45, 7) is 5.95. The summed E-state index contributed by atoms with van der Waals surface area (Å²) in [5, 5.41) is 3.58. The highest BCUT2D eigenvalue weighted by molar-refractivity contribution is 5.88. The van der Waals surface area contributed by atoms with Crippen LogP contribution in [0.5, 0.6) is 0 Å². The van der Waals surface area contributed by atoms with Crippen LogP contribution >= 0.6 is 0 Å². The zero-order valence-electron chi connectivity index (χ0n) is 24.4. The first-order chi connectivity index (χ1) is 20.3. The molecule has 3 aromatic carbocycles. The first-order valence-electron chi connectivity index (χ1n) is 14.8. The van der Waals surface area contributed by atoms with Crippen molar-refractivity contribution in [1.29, 1.82) is 0 Å². The van der Waals surface area contributed by atoms with Crippen LogP contribution in [0.25, 0.3) is 0 Å². The van der Waals surface area contributed by atoms with Crippen LogP contribution in [-0.2, 0) is 21.7 Å². The molecule has 1 amide bonds. The van der Waals surface area contributed by atoms with Crippen LogP contribution in [0.1, 0.15) is 48.8 Å². The predicted octanol–water partition coefficient (Wildman–Crippen LogP) is 6.50. The first kappa shape index (κ1) is 30.1. The molecule has 8 heteroatoms. The van der Waals surface area contributed by atoms with E-state index in [4.69, 9.17) is 4.74 Å². The Morgan fingerprint density at radius 2 is 1.57 bits per heavy atom. The Bertz CT molecular complexity index is 1330. The number of amides is 1. The van der Waals surface area contributed by atoms with Gasteiger partial charge in [0.25, 0.3) is 11.5 Å². The third-order valence-electron chi connectivity index (χ3n) is 9.37. The van der Waals surface area contributed by atoms with E-state index in [-0.39, 0.29) is 30.0 Å². The number of hydrogen-bond donors (Lipinski definition) is 1. The van der Waals surface area contributed by atoms with Gasteiger partial charge in [0.15, 0.2) is 0 Å². The van der Waals surface area contributed by atoms with Crippen molar-refractivity contribution in [2.24, 2.45) is 5.41 Å². The molecular weight excluding hydrogens is 539 g/mol. The minimum atomic E-state index is -4.91. The van der Waals surface area contributed by atoms with Crippen molar-refractivity contribution in [3.63, 3.8) is 0 Å². The third-order valence-corrected chi connectivity index (χ3v) is 9.37. The van der Waals surface area contributed by atoms with Crippen LogP contribution in [0.3, 0.4) is 0 Å². The summed E-state index contributed by atoms with van der Waals surface area (Å²) < 4.78 is 49.0. The highest BCUT2D eigenvalue weighted by atomic mass is 19.4. The maximum absolute atomic E-state index is 14.6. The fourth-order valence-electron chi connectivity index (χ4n) is 7.03. The number of alkyl halides is 3. The number of piperidine rings is 2. The average molecular weight is 580 g/mol. The van der Waals surface area contributed by atoms with Crippen LogP contribution in [0.15, 0.2) is 84.9 Å². The van der Waals surface area contributed by atoms with Gasteiger partial charge in [0.05, 0.1) is 0 Å². The van der Waals surface area contributed by atoms with E-state index in [1.807, 2.05) is 6.07 Å². The maximum atomic E-state index is 14.6. The lowest BCUT2D eigenvalue weighted by Gasteiger charge is -2.51. The molecule has 3 aromatic rings. The lowest BCUT2D eigenvalue weighted by molar-refractivity contribution is -0.271. The minimum absolute atomic E-state index is 0.120. The number of benzene rings is 3. The van der Waals surface area contributed by atoms with Gasteiger partial charge in [0.2, 0.25) is 0 Å². The monoisotopic (exact) mass is 579 g/mol. The van der Waals surface area contributed by atoms with Crippen LogP contribution in [0, 0.1) is 5.41 Å². The highest BCUT2D eigenvalue weighted by Crippen LogP contribution is 2.51. The van der Waals surface area contributed by atoms with Gasteiger partial charge < -0.3 is 19.9 Å². The van der Waals surface area contributed by atoms with Crippen molar-refractivity contribution >= 4 is 11.6 Å². The molecule has 2 aliphatic heterocycles. The normalized spacial score (nSPS) is 20.2. The number of likely N-dealkylation sites (tertiary alicyclic amines) is 1. The molecule has 0 bridgehead atoms. The molecule has 0 saturated carbocycles. The summed E-state index contributed by atoms with van der Waals surface area (Å²) in [7, 11) is 0.971. The molecule has 0 aromatic heterocycles. The van der Waals surface area contributed by atoms with Crippen LogP contribution in [0.2, 0.25) is 0 Å². The van der Waals surface area contributed by atoms with E-state index in [1.165, 1.54) is 46.0 Å². The fraction of sp³-hybridized carbons (Fsp3) is 0.441. The van der Waals surface area contributed by atoms with Crippen molar-refractivity contribution < 1.29 is 22.7 Å². The summed E-state index contributed by atoms with van der Waals surface area (Å²) in [4.78, 5) is 17.5. The molecule has 42 heavy (non-hydrogen) atoms. The second-order valence-electron chi connectivity index (χ2n) is 11.5. The second-order valence-corrected chi connectivity index (χ2v) is 11.5. The van der Waals surface area contributed by atoms with Gasteiger partial charge >= 0.3 is 6.18 Å². The lowest BCUT2D eigenvalue weighted by Crippen LogP contribution is -2.59. The van der Waals surface area contributed by atoms with E-state index < -0.39 is 17.7 Å². The molecule has 0 radical (unpaired) electrons. The number of ether oxygens (including phenoxy) is 1. The molecule has 5 nitrogen and oxygen atoms in total. The quantitative estimate of drug-likeness (QED) is 0.331. The van der Waals surface area contributed by atoms with E-state index in [2.05, 4.69) is 65.7 Å². The molecule has 0 aliphatic carbocycles. The number of anilines is 1. The van der Waals surface area contributed by atoms with E-state index >= 15 is 0 Å². The molecule has 0 unspecified atom stereocenters. The smallest absolute Gasteiger partial charge is 0.367 e. The van der Waals surface area contributed by atoms with Gasteiger partial charge in [0.1, 0.15) is 0 Å². The summed E-state index contributed by atoms with van der Waals surface area (Å²) in [5.41, 5.74) is 0.338. The number of rotatable bonds is 8. The van der Waals surface area contributed by atoms with Crippen LogP contribution < -0.4 is 10.2 Å². The Labute approximate surface area is 246 Å². The van der Waals surface area contributed by atoms with Gasteiger partial charge in [-0.15, -0.1) is 0 Å². The number of carbonyl (C=O) groups excluding carboxylic acids is 1. The number of methoxy groups -OCH3 is 1. The minimum Gasteiger partial charge on any atom is -0.367 e. The van der Waals surface area contributed by atoms with Gasteiger partial charge in [-0.3, -0.25) is 4.79 Å². The van der Waals surface area contributed by atoms with E-state index in [0.717, 1.165) is 39.7 Å². The number of halogens is 3. The molecule has 5 rings (SSSR count). The highest BCUT2D eigenvalue weighted by Gasteiger charge is 2.64. The Balaban J connectivity index is 1.41. The van der Waals surface area contributed by atoms with Gasteiger partial charge in [-0.05, 0) is 55.3 Å². The standard InChI is InChI=1S/C34H40F3N3O2/c1-3-39(25-26-12-6-4-7-13-26)30-17-11-10-16-28(30)29-24-38-21-18-32(29)19-22-40(23-20-32)31(41)33(42-2,34(35,36)37)27-14-8-5-9-15-27/h4-17,29,38H,3,18-25H2,1-2H3/t29-,33-/m1/s1. The Morgan fingerprint density at radius 1 is 0.952 bits per heavy atom. The molecule has 2 saturated heterocycles. The maximum Gasteiger partial charge on any atom is 0.430 e. The average Bonchev–Trinajstić information content (AvgIpc) is 3.01. The van der Waals surface area contributed by atoms with E-state index in [1.54, 1.807) is 6.07 Å². The number of carbonyl (C=O) groups is 1. The first-order valence-corrected chi connectivity index (χ1v) is 14.8. The SMILES string of the molecule is CCN(Cc1ccccc1)c1ccccc1[C@H]1CNCCC12CCN(C(=O)[C@](OC)(c1ccccc1)C(F)(F)F)CC2. The second kappa shape index (κ2) is 12.5. The van der Waals surface area contributed by atoms with Gasteiger partial charge in [-0.25, -0.2) is 0 Å². The zero-order valence-corrected chi connectivity index (χ0v) is 24.4. The molecule has 2 atom stereocenters. The summed E-state index contributed by atoms with van der Waals surface area (Å²) in [5.74, 6) is -0.863. The number of nitrogens with zero attached hydrogens (tertiary/aromatic N) is 2. The molecule has 1 spiro atoms. The number of nitrogens with one attached hydrogen (secondary N) is 1. The van der Waals surface area contributed by atoms with Crippen LogP contribution in [-0.4, -0.2) is 56.8 Å². The number of para-hydroxylation sites is 1. The Morgan fingerprint density at radius 3 is 2.19 bits per heavy atom. The van der Waals surface area contributed by atoms with Gasteiger partial charge in [-0.1, -0.05) is 78.9 Å². The number of hydrogen-bond acceptors (Lipinski definition) is 4. The zero-order chi connectivity index (χ0) is 29.8. The van der Waals surface area contributed by atoms with Crippen molar-refractivity contribution in [2.45, 2.75) is 50.4 Å². The van der Waals surface area contributed by atoms with Crippen molar-refractivity contribution in [1.82, 2.24) is 10.2 Å². The summed E-state index contributed by atoms with van der Waals surface area (Å²) >= 11 is 0. The fourth-order valence-corrected chi connectivity index (χ4v) is 7.03. The lowest BCUT2D eigenvalue weighted by atomic mass is 9.62.